The Labute approximate surface area is 65.0 Å². The zero-order valence-electron chi connectivity index (χ0n) is 6.29. The summed E-state index contributed by atoms with van der Waals surface area (Å²) in [5.41, 5.74) is 0. The monoisotopic (exact) mass is 151 g/mol. The summed E-state index contributed by atoms with van der Waals surface area (Å²) in [6, 6.07) is 0. The first kappa shape index (κ1) is 7.76. The normalized spacial score (nSPS) is 9.45. The number of terminal acetylenes is 1. The average molecular weight is 151 g/mol. The standard InChI is InChI=1S/C7H9N3O/c1-3-4-8-5-7-10-9-6(2)11-7/h1,8H,4-5H2,2H3. The third-order valence-electron chi connectivity index (χ3n) is 1.07. The highest BCUT2D eigenvalue weighted by molar-refractivity contribution is 4.88. The number of aryl methyl sites for hydroxylation is 1. The maximum Gasteiger partial charge on any atom is 0.230 e. The molecule has 1 rings (SSSR count). The van der Waals surface area contributed by atoms with E-state index in [0.29, 0.717) is 24.9 Å². The molecule has 0 amide bonds. The molecule has 11 heavy (non-hydrogen) atoms. The minimum absolute atomic E-state index is 0.515. The van der Waals surface area contributed by atoms with Crippen LogP contribution in [0, 0.1) is 19.3 Å². The van der Waals surface area contributed by atoms with Gasteiger partial charge in [-0.3, -0.25) is 5.32 Å². The Morgan fingerprint density at radius 3 is 3.00 bits per heavy atom. The molecule has 0 aliphatic carbocycles. The summed E-state index contributed by atoms with van der Waals surface area (Å²) in [6.45, 7) is 2.80. The highest BCUT2D eigenvalue weighted by Crippen LogP contribution is 1.95. The molecule has 1 N–H and O–H groups in total. The predicted octanol–water partition coefficient (Wildman–Crippen LogP) is 0.101. The molecule has 0 aliphatic heterocycles. The van der Waals surface area contributed by atoms with Crippen LogP contribution < -0.4 is 5.32 Å². The van der Waals surface area contributed by atoms with E-state index in [4.69, 9.17) is 10.8 Å². The van der Waals surface area contributed by atoms with Gasteiger partial charge in [0.2, 0.25) is 11.8 Å². The molecule has 0 bridgehead atoms. The van der Waals surface area contributed by atoms with Crippen LogP contribution in [0.3, 0.4) is 0 Å². The van der Waals surface area contributed by atoms with Gasteiger partial charge in [-0.1, -0.05) is 5.92 Å². The predicted molar refractivity (Wildman–Crippen MR) is 39.6 cm³/mol. The van der Waals surface area contributed by atoms with Crippen molar-refractivity contribution < 1.29 is 4.42 Å². The van der Waals surface area contributed by atoms with Crippen LogP contribution in [0.1, 0.15) is 11.8 Å². The summed E-state index contributed by atoms with van der Waals surface area (Å²) < 4.78 is 5.08. The first-order chi connectivity index (χ1) is 5.33. The van der Waals surface area contributed by atoms with Crippen LogP contribution in [0.2, 0.25) is 0 Å². The van der Waals surface area contributed by atoms with Gasteiger partial charge in [0.05, 0.1) is 13.1 Å². The SMILES string of the molecule is C#CCNCc1nnc(C)o1. The lowest BCUT2D eigenvalue weighted by Gasteiger charge is -1.92. The molecule has 58 valence electrons. The zero-order chi connectivity index (χ0) is 8.10. The van der Waals surface area contributed by atoms with Crippen molar-refractivity contribution in [3.8, 4) is 12.3 Å². The van der Waals surface area contributed by atoms with Gasteiger partial charge in [-0.25, -0.2) is 0 Å². The summed E-state index contributed by atoms with van der Waals surface area (Å²) in [6.07, 6.45) is 5.02. The third-order valence-corrected chi connectivity index (χ3v) is 1.07. The Balaban J connectivity index is 2.34. The van der Waals surface area contributed by atoms with Gasteiger partial charge in [0, 0.05) is 6.92 Å². The fourth-order valence-corrected chi connectivity index (χ4v) is 0.651. The molecular weight excluding hydrogens is 142 g/mol. The van der Waals surface area contributed by atoms with Gasteiger partial charge >= 0.3 is 0 Å². The molecule has 0 atom stereocenters. The minimum Gasteiger partial charge on any atom is -0.424 e. The number of nitrogens with zero attached hydrogens (tertiary/aromatic N) is 2. The molecule has 1 heterocycles. The molecule has 0 saturated heterocycles. The minimum atomic E-state index is 0.515. The van der Waals surface area contributed by atoms with Crippen molar-refractivity contribution in [1.82, 2.24) is 15.5 Å². The van der Waals surface area contributed by atoms with Gasteiger partial charge in [-0.2, -0.15) is 0 Å². The fraction of sp³-hybridized carbons (Fsp3) is 0.429. The van der Waals surface area contributed by atoms with Gasteiger partial charge in [0.1, 0.15) is 0 Å². The van der Waals surface area contributed by atoms with Gasteiger partial charge in [0.15, 0.2) is 0 Å². The van der Waals surface area contributed by atoms with Crippen LogP contribution in [0.4, 0.5) is 0 Å². The largest absolute Gasteiger partial charge is 0.424 e. The van der Waals surface area contributed by atoms with E-state index in [2.05, 4.69) is 21.4 Å². The maximum atomic E-state index is 5.08. The third kappa shape index (κ3) is 2.40. The van der Waals surface area contributed by atoms with Crippen molar-refractivity contribution in [2.24, 2.45) is 0 Å². The first-order valence-corrected chi connectivity index (χ1v) is 3.26. The molecule has 0 saturated carbocycles. The average Bonchev–Trinajstić information content (AvgIpc) is 2.37. The molecule has 0 aromatic carbocycles. The van der Waals surface area contributed by atoms with Crippen LogP contribution in [0.15, 0.2) is 4.42 Å². The van der Waals surface area contributed by atoms with Gasteiger partial charge in [-0.05, 0) is 0 Å². The second-order valence-electron chi connectivity index (χ2n) is 2.02. The highest BCUT2D eigenvalue weighted by atomic mass is 16.4. The Kier molecular flexibility index (Phi) is 2.64. The molecule has 1 aromatic heterocycles. The van der Waals surface area contributed by atoms with E-state index in [0.717, 1.165) is 0 Å². The van der Waals surface area contributed by atoms with Crippen molar-refractivity contribution in [2.75, 3.05) is 6.54 Å². The van der Waals surface area contributed by atoms with Crippen molar-refractivity contribution in [3.05, 3.63) is 11.8 Å². The Morgan fingerprint density at radius 2 is 2.45 bits per heavy atom. The quantitative estimate of drug-likeness (QED) is 0.491. The van der Waals surface area contributed by atoms with Crippen molar-refractivity contribution in [3.63, 3.8) is 0 Å². The van der Waals surface area contributed by atoms with Gasteiger partial charge in [-0.15, -0.1) is 16.6 Å². The number of aromatic nitrogens is 2. The molecule has 0 unspecified atom stereocenters. The van der Waals surface area contributed by atoms with E-state index in [1.165, 1.54) is 0 Å². The second-order valence-corrected chi connectivity index (χ2v) is 2.02. The van der Waals surface area contributed by atoms with Crippen molar-refractivity contribution >= 4 is 0 Å². The van der Waals surface area contributed by atoms with E-state index in [1.807, 2.05) is 0 Å². The van der Waals surface area contributed by atoms with Crippen molar-refractivity contribution in [1.29, 1.82) is 0 Å². The Morgan fingerprint density at radius 1 is 1.64 bits per heavy atom. The Hall–Kier alpha value is -1.34. The van der Waals surface area contributed by atoms with Gasteiger partial charge in [0.25, 0.3) is 0 Å². The molecule has 4 nitrogen and oxygen atoms in total. The molecule has 0 aliphatic rings. The summed E-state index contributed by atoms with van der Waals surface area (Å²) in [5, 5.41) is 10.4. The molecular formula is C7H9N3O. The summed E-state index contributed by atoms with van der Waals surface area (Å²) in [5.74, 6) is 3.58. The van der Waals surface area contributed by atoms with E-state index >= 15 is 0 Å². The van der Waals surface area contributed by atoms with E-state index in [1.54, 1.807) is 6.92 Å². The summed E-state index contributed by atoms with van der Waals surface area (Å²) in [4.78, 5) is 0. The van der Waals surface area contributed by atoms with Crippen LogP contribution in [0.25, 0.3) is 0 Å². The molecule has 0 radical (unpaired) electrons. The lowest BCUT2D eigenvalue weighted by Crippen LogP contribution is -2.13. The number of rotatable bonds is 3. The topological polar surface area (TPSA) is 51.0 Å². The lowest BCUT2D eigenvalue weighted by molar-refractivity contribution is 0.453. The van der Waals surface area contributed by atoms with E-state index < -0.39 is 0 Å². The highest BCUT2D eigenvalue weighted by Gasteiger charge is 1.98. The lowest BCUT2D eigenvalue weighted by atomic mass is 10.6. The number of hydrogen-bond acceptors (Lipinski definition) is 4. The molecule has 0 spiro atoms. The molecule has 4 heteroatoms. The first-order valence-electron chi connectivity index (χ1n) is 3.26. The Bertz CT molecular complexity index is 261. The van der Waals surface area contributed by atoms with E-state index in [-0.39, 0.29) is 0 Å². The maximum absolute atomic E-state index is 5.08. The number of hydrogen-bond donors (Lipinski definition) is 1. The van der Waals surface area contributed by atoms with Crippen molar-refractivity contribution in [2.45, 2.75) is 13.5 Å². The smallest absolute Gasteiger partial charge is 0.230 e. The van der Waals surface area contributed by atoms with Gasteiger partial charge < -0.3 is 4.42 Å². The van der Waals surface area contributed by atoms with Crippen LogP contribution in [-0.2, 0) is 6.54 Å². The summed E-state index contributed by atoms with van der Waals surface area (Å²) >= 11 is 0. The number of nitrogens with one attached hydrogen (secondary N) is 1. The van der Waals surface area contributed by atoms with E-state index in [9.17, 15) is 0 Å². The molecule has 0 fully saturated rings. The van der Waals surface area contributed by atoms with Crippen LogP contribution in [-0.4, -0.2) is 16.7 Å². The zero-order valence-corrected chi connectivity index (χ0v) is 6.29. The fourth-order valence-electron chi connectivity index (χ4n) is 0.651. The van der Waals surface area contributed by atoms with Crippen LogP contribution in [0.5, 0.6) is 0 Å². The second kappa shape index (κ2) is 3.74. The summed E-state index contributed by atoms with van der Waals surface area (Å²) in [7, 11) is 0. The van der Waals surface area contributed by atoms with Crippen LogP contribution >= 0.6 is 0 Å². The molecule has 1 aromatic rings.